The van der Waals surface area contributed by atoms with Crippen molar-refractivity contribution in [2.75, 3.05) is 26.3 Å². The van der Waals surface area contributed by atoms with Gasteiger partial charge in [-0.05, 0) is 77.6 Å². The minimum atomic E-state index is 0.245. The van der Waals surface area contributed by atoms with E-state index in [1.165, 1.54) is 16.8 Å². The summed E-state index contributed by atoms with van der Waals surface area (Å²) in [5.41, 5.74) is 4.79. The molecule has 1 heterocycles. The molecule has 0 spiro atoms. The van der Waals surface area contributed by atoms with E-state index in [9.17, 15) is 0 Å². The second kappa shape index (κ2) is 12.2. The third-order valence-corrected chi connectivity index (χ3v) is 5.17. The van der Waals surface area contributed by atoms with Gasteiger partial charge in [-0.25, -0.2) is 0 Å². The van der Waals surface area contributed by atoms with Gasteiger partial charge in [-0.2, -0.15) is 5.10 Å². The Morgan fingerprint density at radius 2 is 1.84 bits per heavy atom. The molecular weight excluding hydrogens is 390 g/mol. The molecule has 7 nitrogen and oxygen atoms in total. The SMILES string of the molecule is CCNC(=NCCc1ccc(OCC)c(OCC)c1)NC(C)Cc1c(C)nn(C)c1C. The molecule has 0 radical (unpaired) electrons. The number of nitrogens with zero attached hydrogens (tertiary/aromatic N) is 3. The van der Waals surface area contributed by atoms with Crippen molar-refractivity contribution >= 4 is 5.96 Å². The van der Waals surface area contributed by atoms with Crippen molar-refractivity contribution in [2.45, 2.75) is 60.4 Å². The van der Waals surface area contributed by atoms with Gasteiger partial charge in [0.05, 0.1) is 18.9 Å². The summed E-state index contributed by atoms with van der Waals surface area (Å²) in [6.45, 7) is 15.2. The molecule has 0 amide bonds. The molecule has 1 unspecified atom stereocenters. The molecule has 1 atom stereocenters. The Morgan fingerprint density at radius 3 is 2.45 bits per heavy atom. The molecule has 0 bridgehead atoms. The molecule has 1 aromatic carbocycles. The monoisotopic (exact) mass is 429 g/mol. The predicted octanol–water partition coefficient (Wildman–Crippen LogP) is 3.56. The molecule has 0 saturated heterocycles. The lowest BCUT2D eigenvalue weighted by Gasteiger charge is -2.18. The van der Waals surface area contributed by atoms with E-state index >= 15 is 0 Å². The molecule has 2 N–H and O–H groups in total. The van der Waals surface area contributed by atoms with Crippen molar-refractivity contribution in [2.24, 2.45) is 12.0 Å². The van der Waals surface area contributed by atoms with Gasteiger partial charge in [-0.1, -0.05) is 6.07 Å². The largest absolute Gasteiger partial charge is 0.490 e. The lowest BCUT2D eigenvalue weighted by atomic mass is 10.1. The van der Waals surface area contributed by atoms with Crippen LogP contribution < -0.4 is 20.1 Å². The van der Waals surface area contributed by atoms with Crippen LogP contribution in [0.2, 0.25) is 0 Å². The standard InChI is InChI=1S/C24H39N5O2/c1-8-25-24(27-17(4)15-21-18(5)28-29(7)19(21)6)26-14-13-20-11-12-22(30-9-2)23(16-20)31-10-3/h11-12,16-17H,8-10,13-15H2,1-7H3,(H2,25,26,27). The molecular formula is C24H39N5O2. The van der Waals surface area contributed by atoms with Gasteiger partial charge in [0.15, 0.2) is 17.5 Å². The smallest absolute Gasteiger partial charge is 0.191 e. The number of aryl methyl sites for hydroxylation is 2. The predicted molar refractivity (Wildman–Crippen MR) is 127 cm³/mol. The number of aliphatic imine (C=N–C) groups is 1. The van der Waals surface area contributed by atoms with Gasteiger partial charge in [0.1, 0.15) is 0 Å². The van der Waals surface area contributed by atoms with E-state index in [4.69, 9.17) is 14.5 Å². The highest BCUT2D eigenvalue weighted by Gasteiger charge is 2.14. The first-order valence-corrected chi connectivity index (χ1v) is 11.3. The van der Waals surface area contributed by atoms with E-state index in [-0.39, 0.29) is 6.04 Å². The summed E-state index contributed by atoms with van der Waals surface area (Å²) in [7, 11) is 1.99. The van der Waals surface area contributed by atoms with Crippen molar-refractivity contribution in [1.29, 1.82) is 0 Å². The highest BCUT2D eigenvalue weighted by molar-refractivity contribution is 5.80. The Kier molecular flexibility index (Phi) is 9.69. The van der Waals surface area contributed by atoms with E-state index in [2.05, 4.69) is 55.6 Å². The Labute approximate surface area is 187 Å². The summed E-state index contributed by atoms with van der Waals surface area (Å²) >= 11 is 0. The van der Waals surface area contributed by atoms with Gasteiger partial charge in [0, 0.05) is 31.9 Å². The second-order valence-corrected chi connectivity index (χ2v) is 7.68. The zero-order chi connectivity index (χ0) is 22.8. The molecule has 0 aliphatic rings. The Hall–Kier alpha value is -2.70. The lowest BCUT2D eigenvalue weighted by Crippen LogP contribution is -2.43. The number of rotatable bonds is 11. The summed E-state index contributed by atoms with van der Waals surface area (Å²) in [5, 5.41) is 11.4. The van der Waals surface area contributed by atoms with Crippen LogP contribution in [-0.4, -0.2) is 48.1 Å². The highest BCUT2D eigenvalue weighted by atomic mass is 16.5. The lowest BCUT2D eigenvalue weighted by molar-refractivity contribution is 0.287. The Morgan fingerprint density at radius 1 is 1.13 bits per heavy atom. The van der Waals surface area contributed by atoms with Gasteiger partial charge >= 0.3 is 0 Å². The molecule has 0 fully saturated rings. The third-order valence-electron chi connectivity index (χ3n) is 5.17. The van der Waals surface area contributed by atoms with E-state index in [1.54, 1.807) is 0 Å². The quantitative estimate of drug-likeness (QED) is 0.422. The fourth-order valence-electron chi connectivity index (χ4n) is 3.57. The average Bonchev–Trinajstić information content (AvgIpc) is 2.96. The third kappa shape index (κ3) is 7.19. The fourth-order valence-corrected chi connectivity index (χ4v) is 3.57. The van der Waals surface area contributed by atoms with Gasteiger partial charge in [0.25, 0.3) is 0 Å². The molecule has 1 aromatic heterocycles. The van der Waals surface area contributed by atoms with E-state index in [1.807, 2.05) is 31.6 Å². The number of nitrogens with one attached hydrogen (secondary N) is 2. The zero-order valence-corrected chi connectivity index (χ0v) is 20.2. The number of benzene rings is 1. The van der Waals surface area contributed by atoms with Crippen LogP contribution in [0.1, 0.15) is 50.2 Å². The van der Waals surface area contributed by atoms with Crippen LogP contribution in [0, 0.1) is 13.8 Å². The second-order valence-electron chi connectivity index (χ2n) is 7.68. The number of hydrogen-bond donors (Lipinski definition) is 2. The van der Waals surface area contributed by atoms with E-state index < -0.39 is 0 Å². The molecule has 2 rings (SSSR count). The van der Waals surface area contributed by atoms with Crippen LogP contribution in [0.4, 0.5) is 0 Å². The average molecular weight is 430 g/mol. The maximum atomic E-state index is 5.73. The first-order valence-electron chi connectivity index (χ1n) is 11.3. The van der Waals surface area contributed by atoms with Crippen molar-refractivity contribution in [3.63, 3.8) is 0 Å². The highest BCUT2D eigenvalue weighted by Crippen LogP contribution is 2.28. The first-order chi connectivity index (χ1) is 14.9. The van der Waals surface area contributed by atoms with E-state index in [0.29, 0.717) is 19.8 Å². The van der Waals surface area contributed by atoms with Crippen LogP contribution in [0.15, 0.2) is 23.2 Å². The summed E-state index contributed by atoms with van der Waals surface area (Å²) in [6.07, 6.45) is 1.74. The van der Waals surface area contributed by atoms with Crippen molar-refractivity contribution in [3.8, 4) is 11.5 Å². The Balaban J connectivity index is 2.00. The Bertz CT molecular complexity index is 860. The van der Waals surface area contributed by atoms with Crippen molar-refractivity contribution < 1.29 is 9.47 Å². The van der Waals surface area contributed by atoms with Crippen LogP contribution >= 0.6 is 0 Å². The number of hydrogen-bond acceptors (Lipinski definition) is 4. The van der Waals surface area contributed by atoms with Crippen molar-refractivity contribution in [1.82, 2.24) is 20.4 Å². The van der Waals surface area contributed by atoms with Gasteiger partial charge in [-0.3, -0.25) is 9.67 Å². The maximum absolute atomic E-state index is 5.73. The molecule has 172 valence electrons. The van der Waals surface area contributed by atoms with Crippen molar-refractivity contribution in [3.05, 3.63) is 40.7 Å². The van der Waals surface area contributed by atoms with Gasteiger partial charge in [-0.15, -0.1) is 0 Å². The van der Waals surface area contributed by atoms with Crippen LogP contribution in [0.25, 0.3) is 0 Å². The molecule has 0 aliphatic carbocycles. The minimum Gasteiger partial charge on any atom is -0.490 e. The molecule has 2 aromatic rings. The van der Waals surface area contributed by atoms with Crippen LogP contribution in [-0.2, 0) is 19.9 Å². The molecule has 31 heavy (non-hydrogen) atoms. The molecule has 0 aliphatic heterocycles. The summed E-state index contributed by atoms with van der Waals surface area (Å²) in [4.78, 5) is 4.78. The summed E-state index contributed by atoms with van der Waals surface area (Å²) < 4.78 is 13.3. The minimum absolute atomic E-state index is 0.245. The van der Waals surface area contributed by atoms with Crippen LogP contribution in [0.3, 0.4) is 0 Å². The topological polar surface area (TPSA) is 72.7 Å². The summed E-state index contributed by atoms with van der Waals surface area (Å²) in [5.74, 6) is 2.43. The first kappa shape index (κ1) is 24.6. The number of aromatic nitrogens is 2. The maximum Gasteiger partial charge on any atom is 0.191 e. The van der Waals surface area contributed by atoms with Gasteiger partial charge < -0.3 is 20.1 Å². The summed E-state index contributed by atoms with van der Waals surface area (Å²) in [6, 6.07) is 6.37. The normalized spacial score (nSPS) is 12.5. The fraction of sp³-hybridized carbons (Fsp3) is 0.583. The zero-order valence-electron chi connectivity index (χ0n) is 20.2. The molecule has 7 heteroatoms. The molecule has 0 saturated carbocycles. The number of guanidine groups is 1. The van der Waals surface area contributed by atoms with E-state index in [0.717, 1.165) is 42.5 Å². The van der Waals surface area contributed by atoms with Crippen LogP contribution in [0.5, 0.6) is 11.5 Å². The number of ether oxygens (including phenoxy) is 2. The van der Waals surface area contributed by atoms with Gasteiger partial charge in [0.2, 0.25) is 0 Å².